The standard InChI is InChI=1S/C13H13F5O2/c1-6-8(5-20-12(6,2)13(16,17)18)7-3-4-9(14)10(15)11(7)19/h3-4,6,8,19H,5H2,1-2H3/t6-,8+,12+/m0/s1. The van der Waals surface area contributed by atoms with Gasteiger partial charge in [0.05, 0.1) is 6.61 Å². The highest BCUT2D eigenvalue weighted by molar-refractivity contribution is 5.38. The molecule has 0 aromatic heterocycles. The SMILES string of the molecule is C[C@H]1[C@H](c2ccc(F)c(F)c2O)CO[C@@]1(C)C(F)(F)F. The van der Waals surface area contributed by atoms with Gasteiger partial charge in [-0.2, -0.15) is 17.6 Å². The average Bonchev–Trinajstić information content (AvgIpc) is 2.65. The zero-order valence-corrected chi connectivity index (χ0v) is 10.8. The maximum absolute atomic E-state index is 13.3. The van der Waals surface area contributed by atoms with E-state index < -0.39 is 41.0 Å². The minimum Gasteiger partial charge on any atom is -0.505 e. The number of hydrogen-bond acceptors (Lipinski definition) is 2. The maximum Gasteiger partial charge on any atom is 0.417 e. The Kier molecular flexibility index (Phi) is 3.44. The van der Waals surface area contributed by atoms with E-state index >= 15 is 0 Å². The molecule has 1 heterocycles. The van der Waals surface area contributed by atoms with Crippen molar-refractivity contribution in [2.45, 2.75) is 31.5 Å². The summed E-state index contributed by atoms with van der Waals surface area (Å²) in [5.74, 6) is -5.58. The molecule has 1 saturated heterocycles. The van der Waals surface area contributed by atoms with E-state index in [0.29, 0.717) is 0 Å². The van der Waals surface area contributed by atoms with E-state index in [2.05, 4.69) is 0 Å². The van der Waals surface area contributed by atoms with E-state index in [1.807, 2.05) is 0 Å². The van der Waals surface area contributed by atoms with Gasteiger partial charge in [0.2, 0.25) is 5.82 Å². The Bertz CT molecular complexity index is 528. The Morgan fingerprint density at radius 3 is 2.40 bits per heavy atom. The van der Waals surface area contributed by atoms with Crippen molar-refractivity contribution in [3.63, 3.8) is 0 Å². The van der Waals surface area contributed by atoms with Crippen LogP contribution in [0.15, 0.2) is 12.1 Å². The minimum atomic E-state index is -4.59. The lowest BCUT2D eigenvalue weighted by atomic mass is 9.79. The Morgan fingerprint density at radius 2 is 1.90 bits per heavy atom. The molecule has 1 aromatic carbocycles. The second kappa shape index (κ2) is 4.58. The fraction of sp³-hybridized carbons (Fsp3) is 0.538. The van der Waals surface area contributed by atoms with Gasteiger partial charge in [0.1, 0.15) is 0 Å². The molecule has 0 unspecified atom stereocenters. The zero-order chi connectivity index (χ0) is 15.3. The van der Waals surface area contributed by atoms with Crippen molar-refractivity contribution in [1.29, 1.82) is 0 Å². The monoisotopic (exact) mass is 296 g/mol. The van der Waals surface area contributed by atoms with Gasteiger partial charge in [0.25, 0.3) is 0 Å². The van der Waals surface area contributed by atoms with Crippen LogP contribution in [0.5, 0.6) is 5.75 Å². The molecule has 1 N–H and O–H groups in total. The highest BCUT2D eigenvalue weighted by Crippen LogP contribution is 2.51. The number of phenolic OH excluding ortho intramolecular Hbond substituents is 1. The van der Waals surface area contributed by atoms with Crippen LogP contribution in [0.1, 0.15) is 25.3 Å². The summed E-state index contributed by atoms with van der Waals surface area (Å²) < 4.78 is 70.1. The molecule has 1 aliphatic rings. The van der Waals surface area contributed by atoms with E-state index in [9.17, 15) is 27.1 Å². The summed E-state index contributed by atoms with van der Waals surface area (Å²) in [6.45, 7) is 1.90. The van der Waals surface area contributed by atoms with Crippen LogP contribution in [0.2, 0.25) is 0 Å². The van der Waals surface area contributed by atoms with Crippen molar-refractivity contribution in [3.05, 3.63) is 29.3 Å². The number of hydrogen-bond donors (Lipinski definition) is 1. The molecule has 1 aliphatic heterocycles. The predicted molar refractivity (Wildman–Crippen MR) is 60.3 cm³/mol. The average molecular weight is 296 g/mol. The first-order valence-corrected chi connectivity index (χ1v) is 5.97. The molecule has 20 heavy (non-hydrogen) atoms. The summed E-state index contributed by atoms with van der Waals surface area (Å²) >= 11 is 0. The van der Waals surface area contributed by atoms with Gasteiger partial charge in [0.15, 0.2) is 17.2 Å². The van der Waals surface area contributed by atoms with Gasteiger partial charge in [-0.05, 0) is 13.0 Å². The van der Waals surface area contributed by atoms with Crippen molar-refractivity contribution < 1.29 is 31.8 Å². The summed E-state index contributed by atoms with van der Waals surface area (Å²) in [7, 11) is 0. The third-order valence-electron chi connectivity index (χ3n) is 4.10. The van der Waals surface area contributed by atoms with Crippen LogP contribution in [0.25, 0.3) is 0 Å². The fourth-order valence-electron chi connectivity index (χ4n) is 2.48. The molecule has 3 atom stereocenters. The van der Waals surface area contributed by atoms with E-state index in [-0.39, 0.29) is 12.2 Å². The third-order valence-corrected chi connectivity index (χ3v) is 4.10. The quantitative estimate of drug-likeness (QED) is 0.800. The Hall–Kier alpha value is -1.37. The summed E-state index contributed by atoms with van der Waals surface area (Å²) in [5, 5.41) is 9.58. The second-order valence-electron chi connectivity index (χ2n) is 5.11. The first-order chi connectivity index (χ1) is 9.09. The smallest absolute Gasteiger partial charge is 0.417 e. The molecule has 0 bridgehead atoms. The topological polar surface area (TPSA) is 29.5 Å². The van der Waals surface area contributed by atoms with E-state index in [4.69, 9.17) is 4.74 Å². The van der Waals surface area contributed by atoms with Gasteiger partial charge in [-0.15, -0.1) is 0 Å². The van der Waals surface area contributed by atoms with Crippen LogP contribution in [0.4, 0.5) is 22.0 Å². The molecule has 0 saturated carbocycles. The number of benzene rings is 1. The molecule has 2 rings (SSSR count). The van der Waals surface area contributed by atoms with Gasteiger partial charge in [-0.1, -0.05) is 13.0 Å². The van der Waals surface area contributed by atoms with Crippen LogP contribution in [0.3, 0.4) is 0 Å². The molecule has 1 fully saturated rings. The lowest BCUT2D eigenvalue weighted by Gasteiger charge is -2.32. The minimum absolute atomic E-state index is 0.0793. The number of halogens is 5. The summed E-state index contributed by atoms with van der Waals surface area (Å²) in [6.07, 6.45) is -4.59. The zero-order valence-electron chi connectivity index (χ0n) is 10.8. The number of aromatic hydroxyl groups is 1. The van der Waals surface area contributed by atoms with Crippen LogP contribution in [-0.2, 0) is 4.74 Å². The molecule has 1 aromatic rings. The first kappa shape index (κ1) is 15.0. The molecule has 0 radical (unpaired) electrons. The van der Waals surface area contributed by atoms with E-state index in [0.717, 1.165) is 19.1 Å². The first-order valence-electron chi connectivity index (χ1n) is 5.97. The van der Waals surface area contributed by atoms with Gasteiger partial charge in [-0.3, -0.25) is 0 Å². The number of phenols is 1. The number of alkyl halides is 3. The normalized spacial score (nSPS) is 30.8. The molecule has 112 valence electrons. The van der Waals surface area contributed by atoms with E-state index in [1.54, 1.807) is 0 Å². The second-order valence-corrected chi connectivity index (χ2v) is 5.11. The van der Waals surface area contributed by atoms with Crippen molar-refractivity contribution in [2.75, 3.05) is 6.61 Å². The van der Waals surface area contributed by atoms with Crippen molar-refractivity contribution >= 4 is 0 Å². The Balaban J connectivity index is 2.40. The lowest BCUT2D eigenvalue weighted by Crippen LogP contribution is -2.46. The van der Waals surface area contributed by atoms with Crippen molar-refractivity contribution in [3.8, 4) is 5.75 Å². The summed E-state index contributed by atoms with van der Waals surface area (Å²) in [4.78, 5) is 0. The highest BCUT2D eigenvalue weighted by Gasteiger charge is 2.61. The maximum atomic E-state index is 13.3. The molecule has 0 amide bonds. The number of ether oxygens (including phenoxy) is 1. The predicted octanol–water partition coefficient (Wildman–Crippen LogP) is 3.74. The largest absolute Gasteiger partial charge is 0.505 e. The molecular weight excluding hydrogens is 283 g/mol. The number of rotatable bonds is 1. The van der Waals surface area contributed by atoms with Crippen LogP contribution < -0.4 is 0 Å². The van der Waals surface area contributed by atoms with Crippen LogP contribution >= 0.6 is 0 Å². The lowest BCUT2D eigenvalue weighted by molar-refractivity contribution is -0.266. The highest BCUT2D eigenvalue weighted by atomic mass is 19.4. The molecule has 0 spiro atoms. The Labute approximate surface area is 112 Å². The van der Waals surface area contributed by atoms with Crippen LogP contribution in [0, 0.1) is 17.6 Å². The van der Waals surface area contributed by atoms with Gasteiger partial charge < -0.3 is 9.84 Å². The van der Waals surface area contributed by atoms with Gasteiger partial charge >= 0.3 is 6.18 Å². The molecular formula is C13H13F5O2. The molecule has 7 heteroatoms. The van der Waals surface area contributed by atoms with E-state index in [1.165, 1.54) is 6.92 Å². The van der Waals surface area contributed by atoms with Crippen molar-refractivity contribution in [2.24, 2.45) is 5.92 Å². The van der Waals surface area contributed by atoms with Crippen LogP contribution in [-0.4, -0.2) is 23.5 Å². The molecule has 2 nitrogen and oxygen atoms in total. The summed E-state index contributed by atoms with van der Waals surface area (Å²) in [5.41, 5.74) is -2.46. The van der Waals surface area contributed by atoms with Gasteiger partial charge in [-0.25, -0.2) is 4.39 Å². The third kappa shape index (κ3) is 2.04. The Morgan fingerprint density at radius 1 is 1.30 bits per heavy atom. The van der Waals surface area contributed by atoms with Crippen molar-refractivity contribution in [1.82, 2.24) is 0 Å². The summed E-state index contributed by atoms with van der Waals surface area (Å²) in [6, 6.07) is 1.86. The fourth-order valence-corrected chi connectivity index (χ4v) is 2.48. The van der Waals surface area contributed by atoms with Gasteiger partial charge in [0, 0.05) is 17.4 Å². The molecule has 0 aliphatic carbocycles.